The fourth-order valence-corrected chi connectivity index (χ4v) is 3.85. The Balaban J connectivity index is 2.02. The van der Waals surface area contributed by atoms with E-state index in [0.717, 1.165) is 17.4 Å². The first-order valence-electron chi connectivity index (χ1n) is 8.23. The quantitative estimate of drug-likeness (QED) is 0.784. The van der Waals surface area contributed by atoms with Gasteiger partial charge in [0.2, 0.25) is 15.9 Å². The van der Waals surface area contributed by atoms with Crippen LogP contribution in [0.2, 0.25) is 5.02 Å². The molecule has 0 fully saturated rings. The second-order valence-corrected chi connectivity index (χ2v) is 8.55. The molecule has 2 aromatic rings. The molecule has 2 rings (SSSR count). The molecule has 0 bridgehead atoms. The number of carbonyl (C=O) groups is 1. The van der Waals surface area contributed by atoms with Crippen LogP contribution < -0.4 is 9.62 Å². The molecule has 0 aliphatic heterocycles. The molecule has 0 aliphatic carbocycles. The molecule has 0 aromatic heterocycles. The molecule has 1 amide bonds. The fourth-order valence-electron chi connectivity index (χ4n) is 2.70. The molecule has 1 N–H and O–H groups in total. The molecule has 0 atom stereocenters. The van der Waals surface area contributed by atoms with Crippen LogP contribution in [0.3, 0.4) is 0 Å². The van der Waals surface area contributed by atoms with Gasteiger partial charge < -0.3 is 5.32 Å². The number of sulfonamides is 1. The number of nitrogens with zero attached hydrogens (tertiary/aromatic N) is 1. The summed E-state index contributed by atoms with van der Waals surface area (Å²) in [4.78, 5) is 12.1. The lowest BCUT2D eigenvalue weighted by atomic mass is 10.1. The Kier molecular flexibility index (Phi) is 6.67. The van der Waals surface area contributed by atoms with E-state index in [0.29, 0.717) is 16.3 Å². The number of anilines is 1. The van der Waals surface area contributed by atoms with E-state index in [1.807, 2.05) is 31.2 Å². The maximum Gasteiger partial charge on any atom is 0.232 e. The van der Waals surface area contributed by atoms with Crippen LogP contribution in [-0.4, -0.2) is 33.7 Å². The summed E-state index contributed by atoms with van der Waals surface area (Å²) in [6, 6.07) is 12.9. The van der Waals surface area contributed by atoms with Gasteiger partial charge in [-0.05, 0) is 37.1 Å². The summed E-state index contributed by atoms with van der Waals surface area (Å²) < 4.78 is 25.6. The molecule has 0 saturated carbocycles. The van der Waals surface area contributed by atoms with Crippen molar-refractivity contribution in [3.05, 3.63) is 64.2 Å². The molecule has 0 saturated heterocycles. The number of benzene rings is 2. The monoisotopic (exact) mass is 394 g/mol. The number of aryl methyl sites for hydroxylation is 1. The van der Waals surface area contributed by atoms with Gasteiger partial charge in [-0.1, -0.05) is 47.5 Å². The number of hydrogen-bond donors (Lipinski definition) is 1. The Morgan fingerprint density at radius 1 is 1.15 bits per heavy atom. The Labute approximate surface area is 160 Å². The molecule has 0 radical (unpaired) electrons. The zero-order chi connectivity index (χ0) is 19.3. The van der Waals surface area contributed by atoms with Gasteiger partial charge in [0, 0.05) is 11.6 Å². The van der Waals surface area contributed by atoms with Gasteiger partial charge in [-0.2, -0.15) is 0 Å². The predicted octanol–water partition coefficient (Wildman–Crippen LogP) is 3.08. The number of hydrogen-bond acceptors (Lipinski definition) is 3. The van der Waals surface area contributed by atoms with Crippen LogP contribution >= 0.6 is 11.6 Å². The minimum Gasteiger partial charge on any atom is -0.354 e. The Hall–Kier alpha value is -2.05. The molecule has 0 aliphatic rings. The third-order valence-corrected chi connectivity index (χ3v) is 5.58. The molecule has 5 nitrogen and oxygen atoms in total. The lowest BCUT2D eigenvalue weighted by molar-refractivity contribution is -0.120. The van der Waals surface area contributed by atoms with E-state index in [9.17, 15) is 13.2 Å². The summed E-state index contributed by atoms with van der Waals surface area (Å²) in [5, 5.41) is 3.28. The van der Waals surface area contributed by atoms with Gasteiger partial charge in [-0.25, -0.2) is 8.42 Å². The number of rotatable bonds is 7. The van der Waals surface area contributed by atoms with Crippen molar-refractivity contribution >= 4 is 33.2 Å². The molecule has 140 valence electrons. The van der Waals surface area contributed by atoms with Crippen molar-refractivity contribution in [3.63, 3.8) is 0 Å². The van der Waals surface area contributed by atoms with Crippen LogP contribution in [-0.2, 0) is 21.2 Å². The molecule has 0 unspecified atom stereocenters. The van der Waals surface area contributed by atoms with E-state index < -0.39 is 10.0 Å². The van der Waals surface area contributed by atoms with Crippen molar-refractivity contribution in [2.24, 2.45) is 0 Å². The SMILES string of the molecule is Cc1cccc(CC(=O)NCCN(c2cccc(Cl)c2C)S(C)(=O)=O)c1. The van der Waals surface area contributed by atoms with E-state index in [2.05, 4.69) is 5.32 Å². The van der Waals surface area contributed by atoms with Crippen molar-refractivity contribution in [2.45, 2.75) is 20.3 Å². The average Bonchev–Trinajstić information content (AvgIpc) is 2.53. The average molecular weight is 395 g/mol. The van der Waals surface area contributed by atoms with Gasteiger partial charge in [0.05, 0.1) is 24.9 Å². The first kappa shape index (κ1) is 20.3. The van der Waals surface area contributed by atoms with E-state index in [1.165, 1.54) is 4.31 Å². The first-order chi connectivity index (χ1) is 12.2. The highest BCUT2D eigenvalue weighted by molar-refractivity contribution is 7.92. The predicted molar refractivity (Wildman–Crippen MR) is 106 cm³/mol. The third kappa shape index (κ3) is 5.47. The molecule has 0 spiro atoms. The van der Waals surface area contributed by atoms with Crippen molar-refractivity contribution in [2.75, 3.05) is 23.7 Å². The summed E-state index contributed by atoms with van der Waals surface area (Å²) in [7, 11) is -3.50. The van der Waals surface area contributed by atoms with Crippen LogP contribution in [0.15, 0.2) is 42.5 Å². The summed E-state index contributed by atoms with van der Waals surface area (Å²) in [6.07, 6.45) is 1.40. The Morgan fingerprint density at radius 3 is 2.50 bits per heavy atom. The largest absolute Gasteiger partial charge is 0.354 e. The van der Waals surface area contributed by atoms with Gasteiger partial charge in [-0.3, -0.25) is 9.10 Å². The second kappa shape index (κ2) is 8.56. The van der Waals surface area contributed by atoms with Crippen LogP contribution in [0, 0.1) is 13.8 Å². The summed E-state index contributed by atoms with van der Waals surface area (Å²) in [5.41, 5.74) is 3.22. The van der Waals surface area contributed by atoms with E-state index in [-0.39, 0.29) is 25.4 Å². The molecule has 0 heterocycles. The first-order valence-corrected chi connectivity index (χ1v) is 10.5. The minimum atomic E-state index is -3.50. The topological polar surface area (TPSA) is 66.5 Å². The smallest absolute Gasteiger partial charge is 0.232 e. The highest BCUT2D eigenvalue weighted by atomic mass is 35.5. The van der Waals surface area contributed by atoms with Gasteiger partial charge in [0.25, 0.3) is 0 Å². The summed E-state index contributed by atoms with van der Waals surface area (Å²) in [5.74, 6) is -0.146. The standard InChI is InChI=1S/C19H23ClN2O3S/c1-14-6-4-7-16(12-14)13-19(23)21-10-11-22(26(3,24)25)18-9-5-8-17(20)15(18)2/h4-9,12H,10-11,13H2,1-3H3,(H,21,23). The van der Waals surface area contributed by atoms with Crippen LogP contribution in [0.1, 0.15) is 16.7 Å². The summed E-state index contributed by atoms with van der Waals surface area (Å²) >= 11 is 6.10. The zero-order valence-electron chi connectivity index (χ0n) is 15.1. The van der Waals surface area contributed by atoms with Crippen LogP contribution in [0.4, 0.5) is 5.69 Å². The van der Waals surface area contributed by atoms with Crippen molar-refractivity contribution in [1.82, 2.24) is 5.32 Å². The van der Waals surface area contributed by atoms with Crippen LogP contribution in [0.25, 0.3) is 0 Å². The minimum absolute atomic E-state index is 0.138. The Bertz CT molecular complexity index is 897. The zero-order valence-corrected chi connectivity index (χ0v) is 16.7. The van der Waals surface area contributed by atoms with Crippen molar-refractivity contribution in [3.8, 4) is 0 Å². The summed E-state index contributed by atoms with van der Waals surface area (Å²) in [6.45, 7) is 4.09. The normalized spacial score (nSPS) is 11.2. The second-order valence-electron chi connectivity index (χ2n) is 6.23. The molecular weight excluding hydrogens is 372 g/mol. The molecule has 2 aromatic carbocycles. The number of nitrogens with one attached hydrogen (secondary N) is 1. The fraction of sp³-hybridized carbons (Fsp3) is 0.316. The van der Waals surface area contributed by atoms with E-state index in [1.54, 1.807) is 25.1 Å². The van der Waals surface area contributed by atoms with E-state index in [4.69, 9.17) is 11.6 Å². The van der Waals surface area contributed by atoms with Gasteiger partial charge >= 0.3 is 0 Å². The Morgan fingerprint density at radius 2 is 1.85 bits per heavy atom. The maximum atomic E-state index is 12.2. The number of halogens is 1. The lowest BCUT2D eigenvalue weighted by Crippen LogP contribution is -2.39. The van der Waals surface area contributed by atoms with Crippen molar-refractivity contribution in [1.29, 1.82) is 0 Å². The lowest BCUT2D eigenvalue weighted by Gasteiger charge is -2.24. The molecular formula is C19H23ClN2O3S. The van der Waals surface area contributed by atoms with Gasteiger partial charge in [0.15, 0.2) is 0 Å². The molecule has 7 heteroatoms. The highest BCUT2D eigenvalue weighted by Gasteiger charge is 2.20. The third-order valence-electron chi connectivity index (χ3n) is 3.99. The van der Waals surface area contributed by atoms with Gasteiger partial charge in [0.1, 0.15) is 0 Å². The van der Waals surface area contributed by atoms with Gasteiger partial charge in [-0.15, -0.1) is 0 Å². The van der Waals surface area contributed by atoms with Crippen molar-refractivity contribution < 1.29 is 13.2 Å². The maximum absolute atomic E-state index is 12.2. The van der Waals surface area contributed by atoms with Crippen LogP contribution in [0.5, 0.6) is 0 Å². The molecule has 26 heavy (non-hydrogen) atoms. The number of carbonyl (C=O) groups excluding carboxylic acids is 1. The van der Waals surface area contributed by atoms with E-state index >= 15 is 0 Å². The highest BCUT2D eigenvalue weighted by Crippen LogP contribution is 2.27. The number of amides is 1.